The van der Waals surface area contributed by atoms with Crippen LogP contribution in [-0.2, 0) is 25.6 Å². The molecule has 3 amide bonds. The number of nitrogens with two attached hydrogens (primary N) is 1. The third-order valence-corrected chi connectivity index (χ3v) is 6.47. The number of fused-ring (bicyclic) bond motifs is 1. The van der Waals surface area contributed by atoms with Crippen molar-refractivity contribution in [1.29, 1.82) is 0 Å². The van der Waals surface area contributed by atoms with Crippen molar-refractivity contribution in [1.82, 2.24) is 9.80 Å². The van der Waals surface area contributed by atoms with E-state index in [1.54, 1.807) is 31.7 Å². The summed E-state index contributed by atoms with van der Waals surface area (Å²) in [6.45, 7) is 11.7. The maximum Gasteiger partial charge on any atom is 0.410 e. The molecule has 9 heteroatoms. The minimum atomic E-state index is -0.924. The minimum Gasteiger partial charge on any atom is -0.460 e. The van der Waals surface area contributed by atoms with E-state index in [2.05, 4.69) is 0 Å². The first-order valence-corrected chi connectivity index (χ1v) is 13.1. The Morgan fingerprint density at radius 2 is 1.70 bits per heavy atom. The van der Waals surface area contributed by atoms with E-state index >= 15 is 0 Å². The van der Waals surface area contributed by atoms with Gasteiger partial charge in [-0.1, -0.05) is 25.0 Å². The van der Waals surface area contributed by atoms with Gasteiger partial charge in [0.25, 0.3) is 5.91 Å². The highest BCUT2D eigenvalue weighted by Crippen LogP contribution is 2.35. The van der Waals surface area contributed by atoms with Gasteiger partial charge in [0.15, 0.2) is 0 Å². The molecule has 1 saturated heterocycles. The van der Waals surface area contributed by atoms with Crippen LogP contribution < -0.4 is 5.73 Å². The summed E-state index contributed by atoms with van der Waals surface area (Å²) in [6.07, 6.45) is 3.45. The van der Waals surface area contributed by atoms with Crippen molar-refractivity contribution in [2.24, 2.45) is 5.73 Å². The van der Waals surface area contributed by atoms with Crippen LogP contribution >= 0.6 is 0 Å². The van der Waals surface area contributed by atoms with Gasteiger partial charge in [-0.15, -0.1) is 0 Å². The summed E-state index contributed by atoms with van der Waals surface area (Å²) < 4.78 is 11.0. The Kier molecular flexibility index (Phi) is 8.55. The Labute approximate surface area is 219 Å². The van der Waals surface area contributed by atoms with Gasteiger partial charge in [-0.3, -0.25) is 14.4 Å². The van der Waals surface area contributed by atoms with Crippen LogP contribution in [0, 0.1) is 0 Å². The van der Waals surface area contributed by atoms with Gasteiger partial charge in [0.1, 0.15) is 17.2 Å². The number of ether oxygens (including phenoxy) is 2. The number of nitrogens with zero attached hydrogens (tertiary/aromatic N) is 2. The molecule has 3 rings (SSSR count). The SMILES string of the molecule is CC(C)(C)OC(=O)CCC(C(N)=O)N1Cc2cc(C3CCCCCN3C(=O)OC(C)(C)C)ccc2C1=O. The molecule has 204 valence electrons. The fraction of sp³-hybridized carbons (Fsp3) is 0.643. The van der Waals surface area contributed by atoms with Gasteiger partial charge in [0, 0.05) is 25.1 Å². The molecule has 0 spiro atoms. The molecule has 2 heterocycles. The molecule has 1 aromatic carbocycles. The fourth-order valence-corrected chi connectivity index (χ4v) is 4.91. The summed E-state index contributed by atoms with van der Waals surface area (Å²) in [4.78, 5) is 53.9. The van der Waals surface area contributed by atoms with Gasteiger partial charge in [-0.2, -0.15) is 0 Å². The highest BCUT2D eigenvalue weighted by molar-refractivity contribution is 6.01. The Hall–Kier alpha value is -3.10. The first-order valence-electron chi connectivity index (χ1n) is 13.1. The number of amides is 3. The fourth-order valence-electron chi connectivity index (χ4n) is 4.91. The summed E-state index contributed by atoms with van der Waals surface area (Å²) in [6, 6.07) is 4.51. The third kappa shape index (κ3) is 7.46. The lowest BCUT2D eigenvalue weighted by Crippen LogP contribution is -2.45. The Balaban J connectivity index is 1.79. The van der Waals surface area contributed by atoms with Gasteiger partial charge in [-0.05, 0) is 78.0 Å². The summed E-state index contributed by atoms with van der Waals surface area (Å²) in [7, 11) is 0. The van der Waals surface area contributed by atoms with Crippen LogP contribution in [0.5, 0.6) is 0 Å². The molecule has 2 aliphatic heterocycles. The highest BCUT2D eigenvalue weighted by Gasteiger charge is 2.37. The van der Waals surface area contributed by atoms with E-state index in [1.165, 1.54) is 4.90 Å². The van der Waals surface area contributed by atoms with Crippen LogP contribution in [0.15, 0.2) is 18.2 Å². The number of carbonyl (C=O) groups is 4. The molecule has 1 fully saturated rings. The van der Waals surface area contributed by atoms with E-state index in [0.29, 0.717) is 12.1 Å². The zero-order chi connectivity index (χ0) is 27.5. The molecule has 0 radical (unpaired) electrons. The second kappa shape index (κ2) is 11.1. The molecule has 2 atom stereocenters. The molecule has 2 unspecified atom stereocenters. The van der Waals surface area contributed by atoms with Crippen LogP contribution in [0.3, 0.4) is 0 Å². The average molecular weight is 516 g/mol. The number of hydrogen-bond donors (Lipinski definition) is 1. The molecule has 2 aliphatic rings. The Bertz CT molecular complexity index is 1040. The first kappa shape index (κ1) is 28.5. The van der Waals surface area contributed by atoms with Crippen LogP contribution in [-0.4, -0.2) is 57.5 Å². The molecule has 0 aromatic heterocycles. The second-order valence-electron chi connectivity index (χ2n) is 11.9. The maximum absolute atomic E-state index is 13.2. The second-order valence-corrected chi connectivity index (χ2v) is 11.9. The molecular weight excluding hydrogens is 474 g/mol. The highest BCUT2D eigenvalue weighted by atomic mass is 16.6. The van der Waals surface area contributed by atoms with Gasteiger partial charge in [0.05, 0.1) is 6.04 Å². The minimum absolute atomic E-state index is 0.0246. The van der Waals surface area contributed by atoms with Crippen molar-refractivity contribution in [2.75, 3.05) is 6.54 Å². The average Bonchev–Trinajstić information content (AvgIpc) is 2.93. The van der Waals surface area contributed by atoms with Crippen molar-refractivity contribution in [3.63, 3.8) is 0 Å². The van der Waals surface area contributed by atoms with Crippen LogP contribution in [0.25, 0.3) is 0 Å². The Morgan fingerprint density at radius 1 is 1.03 bits per heavy atom. The molecular formula is C28H41N3O6. The third-order valence-electron chi connectivity index (χ3n) is 6.47. The summed E-state index contributed by atoms with van der Waals surface area (Å²) in [5, 5.41) is 0. The number of rotatable bonds is 6. The molecule has 0 saturated carbocycles. The van der Waals surface area contributed by atoms with Crippen molar-refractivity contribution in [3.05, 3.63) is 34.9 Å². The van der Waals surface area contributed by atoms with Gasteiger partial charge in [0.2, 0.25) is 5.91 Å². The van der Waals surface area contributed by atoms with Crippen molar-refractivity contribution >= 4 is 23.9 Å². The summed E-state index contributed by atoms with van der Waals surface area (Å²) >= 11 is 0. The van der Waals surface area contributed by atoms with Gasteiger partial charge >= 0.3 is 12.1 Å². The summed E-state index contributed by atoms with van der Waals surface area (Å²) in [5.41, 5.74) is 6.63. The lowest BCUT2D eigenvalue weighted by atomic mass is 9.97. The van der Waals surface area contributed by atoms with Crippen molar-refractivity contribution in [2.45, 2.75) is 110 Å². The number of benzene rings is 1. The van der Waals surface area contributed by atoms with E-state index < -0.39 is 29.1 Å². The molecule has 0 aliphatic carbocycles. The standard InChI is InChI=1S/C28H41N3O6/c1-27(2,3)36-23(32)14-13-22(24(29)33)31-17-19-16-18(11-12-20(19)25(31)34)21-10-8-7-9-15-30(21)26(35)37-28(4,5)6/h11-12,16,21-22H,7-10,13-15,17H2,1-6H3,(H2,29,33). The maximum atomic E-state index is 13.2. The van der Waals surface area contributed by atoms with Crippen molar-refractivity contribution < 1.29 is 28.7 Å². The molecule has 9 nitrogen and oxygen atoms in total. The van der Waals surface area contributed by atoms with Crippen LogP contribution in [0.1, 0.15) is 108 Å². The predicted molar refractivity (Wildman–Crippen MR) is 139 cm³/mol. The molecule has 1 aromatic rings. The predicted octanol–water partition coefficient (Wildman–Crippen LogP) is 4.47. The van der Waals surface area contributed by atoms with Crippen LogP contribution in [0.2, 0.25) is 0 Å². The van der Waals surface area contributed by atoms with E-state index in [1.807, 2.05) is 32.9 Å². The zero-order valence-electron chi connectivity index (χ0n) is 23.0. The molecule has 37 heavy (non-hydrogen) atoms. The lowest BCUT2D eigenvalue weighted by Gasteiger charge is -2.32. The largest absolute Gasteiger partial charge is 0.460 e. The first-order chi connectivity index (χ1) is 17.2. The molecule has 2 N–H and O–H groups in total. The van der Waals surface area contributed by atoms with E-state index in [9.17, 15) is 19.2 Å². The zero-order valence-corrected chi connectivity index (χ0v) is 23.0. The van der Waals surface area contributed by atoms with E-state index in [0.717, 1.165) is 36.8 Å². The summed E-state index contributed by atoms with van der Waals surface area (Å²) in [5.74, 6) is -1.40. The van der Waals surface area contributed by atoms with Gasteiger partial charge in [-0.25, -0.2) is 4.79 Å². The van der Waals surface area contributed by atoms with E-state index in [-0.39, 0.29) is 37.4 Å². The Morgan fingerprint density at radius 3 is 2.32 bits per heavy atom. The van der Waals surface area contributed by atoms with Gasteiger partial charge < -0.3 is 25.0 Å². The number of carbonyl (C=O) groups excluding carboxylic acids is 4. The molecule has 0 bridgehead atoms. The van der Waals surface area contributed by atoms with Crippen molar-refractivity contribution in [3.8, 4) is 0 Å². The van der Waals surface area contributed by atoms with E-state index in [4.69, 9.17) is 15.2 Å². The lowest BCUT2D eigenvalue weighted by molar-refractivity contribution is -0.155. The topological polar surface area (TPSA) is 119 Å². The smallest absolute Gasteiger partial charge is 0.410 e. The number of likely N-dealkylation sites (tertiary alicyclic amines) is 1. The van der Waals surface area contributed by atoms with Crippen LogP contribution in [0.4, 0.5) is 4.79 Å². The quantitative estimate of drug-likeness (QED) is 0.558. The number of hydrogen-bond acceptors (Lipinski definition) is 6. The normalized spacial score (nSPS) is 19.2. The monoisotopic (exact) mass is 515 g/mol. The number of esters is 1. The number of primary amides is 1.